The average Bonchev–Trinajstić information content (AvgIpc) is 2.72. The van der Waals surface area contributed by atoms with Crippen molar-refractivity contribution in [1.82, 2.24) is 4.90 Å². The lowest BCUT2D eigenvalue weighted by atomic mass is 10.1. The number of ether oxygens (including phenoxy) is 2. The van der Waals surface area contributed by atoms with Crippen LogP contribution in [0.2, 0.25) is 0 Å². The molecule has 0 heterocycles. The maximum absolute atomic E-state index is 12.4. The third kappa shape index (κ3) is 6.46. The van der Waals surface area contributed by atoms with E-state index in [-0.39, 0.29) is 17.7 Å². The number of nitrogens with zero attached hydrogens (tertiary/aromatic N) is 3. The monoisotopic (exact) mass is 420 g/mol. The van der Waals surface area contributed by atoms with Gasteiger partial charge in [-0.3, -0.25) is 14.9 Å². The number of nitro groups is 1. The van der Waals surface area contributed by atoms with E-state index >= 15 is 0 Å². The summed E-state index contributed by atoms with van der Waals surface area (Å²) in [5.74, 6) is -2.02. The second kappa shape index (κ2) is 11.4. The van der Waals surface area contributed by atoms with Gasteiger partial charge in [-0.2, -0.15) is 5.26 Å². The number of phenolic OH excluding ortho intramolecular Hbond substituents is 1. The Bertz CT molecular complexity index is 872. The third-order valence-electron chi connectivity index (χ3n) is 4.12. The molecule has 11 nitrogen and oxygen atoms in total. The number of nitro benzene ring substituents is 1. The normalized spacial score (nSPS) is 11.9. The molecule has 0 radical (unpaired) electrons. The minimum absolute atomic E-state index is 0.00427. The van der Waals surface area contributed by atoms with E-state index in [0.29, 0.717) is 19.5 Å². The number of hydrogen-bond donors (Lipinski definition) is 2. The highest BCUT2D eigenvalue weighted by Crippen LogP contribution is 2.38. The van der Waals surface area contributed by atoms with Crippen molar-refractivity contribution in [3.8, 4) is 17.6 Å². The lowest BCUT2D eigenvalue weighted by Crippen LogP contribution is -2.31. The fourth-order valence-corrected chi connectivity index (χ4v) is 2.32. The smallest absolute Gasteiger partial charge is 0.499 e. The van der Waals surface area contributed by atoms with Crippen LogP contribution < -0.4 is 10.5 Å². The molecule has 0 aliphatic heterocycles. The van der Waals surface area contributed by atoms with Crippen LogP contribution in [0.3, 0.4) is 0 Å². The highest BCUT2D eigenvalue weighted by atomic mass is 16.7. The summed E-state index contributed by atoms with van der Waals surface area (Å²) >= 11 is 0. The molecule has 0 saturated carbocycles. The second-order valence-electron chi connectivity index (χ2n) is 6.12. The second-order valence-corrected chi connectivity index (χ2v) is 6.12. The van der Waals surface area contributed by atoms with Gasteiger partial charge in [0.25, 0.3) is 5.91 Å². The molecule has 1 rings (SSSR count). The number of hydrogen-bond acceptors (Lipinski definition) is 9. The van der Waals surface area contributed by atoms with Crippen molar-refractivity contribution in [2.45, 2.75) is 33.2 Å². The summed E-state index contributed by atoms with van der Waals surface area (Å²) in [6.07, 6.45) is 0.435. The molecule has 0 saturated heterocycles. The van der Waals surface area contributed by atoms with E-state index in [1.54, 1.807) is 26.8 Å². The highest BCUT2D eigenvalue weighted by Gasteiger charge is 2.23. The van der Waals surface area contributed by atoms with Crippen LogP contribution in [-0.4, -0.2) is 52.7 Å². The number of aromatic hydroxyl groups is 1. The lowest BCUT2D eigenvalue weighted by molar-refractivity contribution is -0.385. The topological polar surface area (TPSA) is 169 Å². The maximum Gasteiger partial charge on any atom is 0.514 e. The SMILES string of the molecule is CCC(N)COC(=O)Oc1cc(/C=C(\C#N)C(=O)N(CC)CC)cc([N+](=O)[O-])c1O. The van der Waals surface area contributed by atoms with Crippen molar-refractivity contribution < 1.29 is 29.1 Å². The zero-order valence-electron chi connectivity index (χ0n) is 17.0. The number of rotatable bonds is 9. The first kappa shape index (κ1) is 24.4. The van der Waals surface area contributed by atoms with Crippen LogP contribution in [0, 0.1) is 21.4 Å². The number of carbonyl (C=O) groups is 2. The first-order chi connectivity index (χ1) is 14.2. The molecule has 30 heavy (non-hydrogen) atoms. The largest absolute Gasteiger partial charge is 0.514 e. The Morgan fingerprint density at radius 2 is 2.00 bits per heavy atom. The van der Waals surface area contributed by atoms with Gasteiger partial charge < -0.3 is 25.2 Å². The zero-order chi connectivity index (χ0) is 22.8. The maximum atomic E-state index is 12.4. The predicted molar refractivity (Wildman–Crippen MR) is 107 cm³/mol. The fraction of sp³-hybridized carbons (Fsp3) is 0.421. The van der Waals surface area contributed by atoms with Crippen molar-refractivity contribution in [2.75, 3.05) is 19.7 Å². The molecule has 0 aliphatic rings. The van der Waals surface area contributed by atoms with Gasteiger partial charge in [0.15, 0.2) is 5.75 Å². The summed E-state index contributed by atoms with van der Waals surface area (Å²) < 4.78 is 9.66. The fourth-order valence-electron chi connectivity index (χ4n) is 2.32. The van der Waals surface area contributed by atoms with E-state index in [0.717, 1.165) is 18.2 Å². The molecule has 1 amide bonds. The number of amides is 1. The molecule has 162 valence electrons. The van der Waals surface area contributed by atoms with Crippen LogP contribution in [0.1, 0.15) is 32.8 Å². The van der Waals surface area contributed by atoms with Crippen molar-refractivity contribution in [3.63, 3.8) is 0 Å². The van der Waals surface area contributed by atoms with Gasteiger partial charge in [-0.05, 0) is 38.0 Å². The molecular weight excluding hydrogens is 396 g/mol. The summed E-state index contributed by atoms with van der Waals surface area (Å²) in [5.41, 5.74) is 4.59. The van der Waals surface area contributed by atoms with Gasteiger partial charge in [0.05, 0.1) is 4.92 Å². The first-order valence-electron chi connectivity index (χ1n) is 9.20. The van der Waals surface area contributed by atoms with Gasteiger partial charge in [0.2, 0.25) is 5.75 Å². The molecule has 0 bridgehead atoms. The molecule has 0 spiro atoms. The Morgan fingerprint density at radius 1 is 1.37 bits per heavy atom. The number of likely N-dealkylation sites (N-methyl/N-ethyl adjacent to an activating group) is 1. The van der Waals surface area contributed by atoms with Gasteiger partial charge in [0, 0.05) is 25.2 Å². The quantitative estimate of drug-likeness (QED) is 0.152. The summed E-state index contributed by atoms with van der Waals surface area (Å²) in [6, 6.07) is 3.37. The summed E-state index contributed by atoms with van der Waals surface area (Å²) in [4.78, 5) is 36.0. The molecule has 3 N–H and O–H groups in total. The van der Waals surface area contributed by atoms with Crippen molar-refractivity contribution in [2.24, 2.45) is 5.73 Å². The Labute approximate surface area is 173 Å². The Morgan fingerprint density at radius 3 is 2.50 bits per heavy atom. The Kier molecular flexibility index (Phi) is 9.25. The first-order valence-corrected chi connectivity index (χ1v) is 9.20. The van der Waals surface area contributed by atoms with E-state index in [4.69, 9.17) is 15.2 Å². The number of benzene rings is 1. The summed E-state index contributed by atoms with van der Waals surface area (Å²) in [7, 11) is 0. The molecule has 11 heteroatoms. The zero-order valence-corrected chi connectivity index (χ0v) is 17.0. The van der Waals surface area contributed by atoms with Crippen molar-refractivity contribution >= 4 is 23.8 Å². The van der Waals surface area contributed by atoms with Crippen molar-refractivity contribution in [1.29, 1.82) is 5.26 Å². The molecular formula is C19H24N4O7. The van der Waals surface area contributed by atoms with E-state index in [9.17, 15) is 30.1 Å². The predicted octanol–water partition coefficient (Wildman–Crippen LogP) is 2.33. The molecule has 0 aliphatic carbocycles. The van der Waals surface area contributed by atoms with Gasteiger partial charge in [-0.15, -0.1) is 0 Å². The summed E-state index contributed by atoms with van der Waals surface area (Å²) in [5, 5.41) is 30.6. The van der Waals surface area contributed by atoms with E-state index in [1.807, 2.05) is 0 Å². The minimum Gasteiger partial charge on any atom is -0.499 e. The lowest BCUT2D eigenvalue weighted by Gasteiger charge is -2.17. The molecule has 1 aromatic carbocycles. The third-order valence-corrected chi connectivity index (χ3v) is 4.12. The Balaban J connectivity index is 3.31. The minimum atomic E-state index is -1.22. The molecule has 1 atom stereocenters. The Hall–Kier alpha value is -3.65. The van der Waals surface area contributed by atoms with Crippen molar-refractivity contribution in [3.05, 3.63) is 33.4 Å². The van der Waals surface area contributed by atoms with Crippen LogP contribution in [0.15, 0.2) is 17.7 Å². The van der Waals surface area contributed by atoms with Gasteiger partial charge in [-0.25, -0.2) is 4.79 Å². The molecule has 0 fully saturated rings. The van der Waals surface area contributed by atoms with E-state index in [2.05, 4.69) is 0 Å². The van der Waals surface area contributed by atoms with Gasteiger partial charge in [0.1, 0.15) is 18.2 Å². The molecule has 1 aromatic rings. The van der Waals surface area contributed by atoms with E-state index < -0.39 is 40.2 Å². The molecule has 1 unspecified atom stereocenters. The highest BCUT2D eigenvalue weighted by molar-refractivity contribution is 6.01. The van der Waals surface area contributed by atoms with Crippen LogP contribution in [0.5, 0.6) is 11.5 Å². The van der Waals surface area contributed by atoms with E-state index in [1.165, 1.54) is 4.90 Å². The van der Waals surface area contributed by atoms with Crippen LogP contribution >= 0.6 is 0 Å². The number of phenols is 1. The van der Waals surface area contributed by atoms with Crippen LogP contribution in [0.4, 0.5) is 10.5 Å². The van der Waals surface area contributed by atoms with Crippen LogP contribution in [0.25, 0.3) is 6.08 Å². The number of nitriles is 1. The van der Waals surface area contributed by atoms with Gasteiger partial charge in [-0.1, -0.05) is 6.92 Å². The van der Waals surface area contributed by atoms with Gasteiger partial charge >= 0.3 is 11.8 Å². The molecule has 0 aromatic heterocycles. The van der Waals surface area contributed by atoms with Crippen LogP contribution in [-0.2, 0) is 9.53 Å². The summed E-state index contributed by atoms with van der Waals surface area (Å²) in [6.45, 7) is 5.85. The standard InChI is InChI=1S/C19H24N4O7/c1-4-14(21)11-29-19(26)30-16-9-12(8-15(17(16)24)23(27)28)7-13(10-20)18(25)22(5-2)6-3/h7-9,14,24H,4-6,11,21H2,1-3H3/b13-7+. The average molecular weight is 420 g/mol. The number of carbonyl (C=O) groups excluding carboxylic acids is 2. The number of nitrogens with two attached hydrogens (primary N) is 1.